The number of nitrogens with one attached hydrogen (secondary N) is 2. The lowest BCUT2D eigenvalue weighted by atomic mass is 10.1. The molecule has 1 aromatic carbocycles. The zero-order valence-electron chi connectivity index (χ0n) is 14.7. The summed E-state index contributed by atoms with van der Waals surface area (Å²) in [5, 5.41) is 6.91. The molecule has 0 aliphatic heterocycles. The van der Waals surface area contributed by atoms with Crippen LogP contribution in [0.1, 0.15) is 38.5 Å². The van der Waals surface area contributed by atoms with Gasteiger partial charge in [-0.15, -0.1) is 0 Å². The highest BCUT2D eigenvalue weighted by atomic mass is 35.5. The molecule has 0 spiro atoms. The molecular weight excluding hydrogens is 350 g/mol. The third kappa shape index (κ3) is 5.92. The van der Waals surface area contributed by atoms with Gasteiger partial charge in [-0.05, 0) is 49.2 Å². The Labute approximate surface area is 159 Å². The van der Waals surface area contributed by atoms with Crippen LogP contribution in [0.4, 0.5) is 11.5 Å². The van der Waals surface area contributed by atoms with Crippen molar-refractivity contribution in [2.75, 3.05) is 17.2 Å². The molecule has 1 aromatic heterocycles. The molecule has 1 aliphatic carbocycles. The second-order valence-electron chi connectivity index (χ2n) is 6.56. The Balaban J connectivity index is 1.45. The van der Waals surface area contributed by atoms with Crippen LogP contribution in [0.2, 0.25) is 5.02 Å². The Kier molecular flexibility index (Phi) is 6.72. The molecule has 26 heavy (non-hydrogen) atoms. The van der Waals surface area contributed by atoms with E-state index in [1.54, 1.807) is 36.5 Å². The van der Waals surface area contributed by atoms with Crippen molar-refractivity contribution in [1.82, 2.24) is 4.98 Å². The van der Waals surface area contributed by atoms with E-state index in [2.05, 4.69) is 15.6 Å². The molecule has 0 atom stereocenters. The molecule has 0 unspecified atom stereocenters. The summed E-state index contributed by atoms with van der Waals surface area (Å²) in [7, 11) is 0. The van der Waals surface area contributed by atoms with E-state index in [0.717, 1.165) is 5.69 Å². The van der Waals surface area contributed by atoms with E-state index in [9.17, 15) is 4.79 Å². The van der Waals surface area contributed by atoms with Crippen molar-refractivity contribution >= 4 is 29.0 Å². The number of carbonyl (C=O) groups excluding carboxylic acids is 1. The summed E-state index contributed by atoms with van der Waals surface area (Å²) in [5.74, 6) is 0.860. The second-order valence-corrected chi connectivity index (χ2v) is 6.99. The number of hydrogen-bond acceptors (Lipinski definition) is 4. The van der Waals surface area contributed by atoms with Gasteiger partial charge in [0.2, 0.25) is 0 Å². The lowest BCUT2D eigenvalue weighted by molar-refractivity contribution is -0.118. The number of rotatable bonds is 6. The van der Waals surface area contributed by atoms with Crippen LogP contribution >= 0.6 is 11.6 Å². The largest absolute Gasteiger partial charge is 0.484 e. The van der Waals surface area contributed by atoms with E-state index < -0.39 is 0 Å². The van der Waals surface area contributed by atoms with Crippen LogP contribution < -0.4 is 15.4 Å². The third-order valence-electron chi connectivity index (χ3n) is 4.44. The first-order valence-corrected chi connectivity index (χ1v) is 9.48. The maximum Gasteiger partial charge on any atom is 0.263 e. The first-order chi connectivity index (χ1) is 12.7. The molecule has 0 saturated heterocycles. The minimum atomic E-state index is -0.253. The van der Waals surface area contributed by atoms with Crippen molar-refractivity contribution in [3.63, 3.8) is 0 Å². The maximum absolute atomic E-state index is 12.0. The van der Waals surface area contributed by atoms with Gasteiger partial charge in [0.05, 0.1) is 11.9 Å². The van der Waals surface area contributed by atoms with E-state index in [1.807, 2.05) is 6.07 Å². The minimum absolute atomic E-state index is 0.0780. The SMILES string of the molecule is O=C(COc1ccc(Cl)cc1)Nc1ccc(NC2CCCCCC2)cn1. The van der Waals surface area contributed by atoms with Crippen LogP contribution in [0, 0.1) is 0 Å². The highest BCUT2D eigenvalue weighted by Gasteiger charge is 2.12. The van der Waals surface area contributed by atoms with Gasteiger partial charge < -0.3 is 15.4 Å². The molecule has 1 fully saturated rings. The number of hydrogen-bond donors (Lipinski definition) is 2. The zero-order valence-corrected chi connectivity index (χ0v) is 15.5. The van der Waals surface area contributed by atoms with Gasteiger partial charge in [0, 0.05) is 11.1 Å². The Morgan fingerprint density at radius 1 is 1.08 bits per heavy atom. The number of pyridine rings is 1. The van der Waals surface area contributed by atoms with E-state index in [-0.39, 0.29) is 12.5 Å². The number of amides is 1. The van der Waals surface area contributed by atoms with Crippen LogP contribution in [-0.2, 0) is 4.79 Å². The van der Waals surface area contributed by atoms with E-state index in [4.69, 9.17) is 16.3 Å². The first-order valence-electron chi connectivity index (χ1n) is 9.10. The predicted molar refractivity (Wildman–Crippen MR) is 105 cm³/mol. The highest BCUT2D eigenvalue weighted by molar-refractivity contribution is 6.30. The number of carbonyl (C=O) groups is 1. The summed E-state index contributed by atoms with van der Waals surface area (Å²) >= 11 is 5.82. The molecule has 138 valence electrons. The molecule has 1 aliphatic rings. The number of nitrogens with zero attached hydrogens (tertiary/aromatic N) is 1. The summed E-state index contributed by atoms with van der Waals surface area (Å²) in [6, 6.07) is 11.2. The van der Waals surface area contributed by atoms with Crippen LogP contribution in [0.5, 0.6) is 5.75 Å². The monoisotopic (exact) mass is 373 g/mol. The van der Waals surface area contributed by atoms with Crippen molar-refractivity contribution in [1.29, 1.82) is 0 Å². The van der Waals surface area contributed by atoms with Crippen LogP contribution in [-0.4, -0.2) is 23.5 Å². The van der Waals surface area contributed by atoms with E-state index >= 15 is 0 Å². The molecule has 1 heterocycles. The molecule has 1 saturated carbocycles. The van der Waals surface area contributed by atoms with Crippen molar-refractivity contribution in [3.05, 3.63) is 47.6 Å². The van der Waals surface area contributed by atoms with Gasteiger partial charge >= 0.3 is 0 Å². The number of anilines is 2. The molecule has 1 amide bonds. The van der Waals surface area contributed by atoms with Crippen molar-refractivity contribution in [2.45, 2.75) is 44.6 Å². The molecule has 2 N–H and O–H groups in total. The first kappa shape index (κ1) is 18.5. The minimum Gasteiger partial charge on any atom is -0.484 e. The van der Waals surface area contributed by atoms with E-state index in [1.165, 1.54) is 38.5 Å². The standard InChI is InChI=1S/C20H24ClN3O2/c21-15-7-10-18(11-8-15)26-14-20(25)24-19-12-9-17(13-22-19)23-16-5-3-1-2-4-6-16/h7-13,16,23H,1-6,14H2,(H,22,24,25). The number of ether oxygens (including phenoxy) is 1. The van der Waals surface area contributed by atoms with Crippen molar-refractivity contribution < 1.29 is 9.53 Å². The van der Waals surface area contributed by atoms with Gasteiger partial charge in [0.25, 0.3) is 5.91 Å². The summed E-state index contributed by atoms with van der Waals surface area (Å²) in [5.41, 5.74) is 0.993. The number of halogens is 1. The van der Waals surface area contributed by atoms with Crippen LogP contribution in [0.25, 0.3) is 0 Å². The van der Waals surface area contributed by atoms with Gasteiger partial charge in [-0.1, -0.05) is 37.3 Å². The van der Waals surface area contributed by atoms with Crippen LogP contribution in [0.15, 0.2) is 42.6 Å². The summed E-state index contributed by atoms with van der Waals surface area (Å²) < 4.78 is 5.42. The Bertz CT molecular complexity index is 696. The molecule has 3 rings (SSSR count). The fourth-order valence-corrected chi connectivity index (χ4v) is 3.20. The average molecular weight is 374 g/mol. The highest BCUT2D eigenvalue weighted by Crippen LogP contribution is 2.21. The van der Waals surface area contributed by atoms with Crippen LogP contribution in [0.3, 0.4) is 0 Å². The summed E-state index contributed by atoms with van der Waals surface area (Å²) in [6.45, 7) is -0.0780. The second kappa shape index (κ2) is 9.43. The van der Waals surface area contributed by atoms with Gasteiger partial charge in [0.15, 0.2) is 6.61 Å². The number of aromatic nitrogens is 1. The molecule has 2 aromatic rings. The van der Waals surface area contributed by atoms with Crippen molar-refractivity contribution in [2.24, 2.45) is 0 Å². The lowest BCUT2D eigenvalue weighted by Crippen LogP contribution is -2.21. The van der Waals surface area contributed by atoms with Crippen molar-refractivity contribution in [3.8, 4) is 5.75 Å². The zero-order chi connectivity index (χ0) is 18.2. The third-order valence-corrected chi connectivity index (χ3v) is 4.69. The molecule has 0 bridgehead atoms. The predicted octanol–water partition coefficient (Wildman–Crippen LogP) is 4.89. The molecule has 6 heteroatoms. The average Bonchev–Trinajstić information content (AvgIpc) is 2.92. The Hall–Kier alpha value is -2.27. The molecule has 5 nitrogen and oxygen atoms in total. The lowest BCUT2D eigenvalue weighted by Gasteiger charge is -2.17. The summed E-state index contributed by atoms with van der Waals surface area (Å²) in [6.07, 6.45) is 9.42. The number of benzene rings is 1. The quantitative estimate of drug-likeness (QED) is 0.708. The van der Waals surface area contributed by atoms with Gasteiger partial charge in [-0.25, -0.2) is 4.98 Å². The normalized spacial score (nSPS) is 15.1. The van der Waals surface area contributed by atoms with E-state index in [0.29, 0.717) is 22.6 Å². The fraction of sp³-hybridized carbons (Fsp3) is 0.400. The molecular formula is C20H24ClN3O2. The fourth-order valence-electron chi connectivity index (χ4n) is 3.07. The maximum atomic E-state index is 12.0. The Morgan fingerprint density at radius 3 is 2.46 bits per heavy atom. The van der Waals surface area contributed by atoms with Gasteiger partial charge in [-0.3, -0.25) is 4.79 Å². The molecule has 0 radical (unpaired) electrons. The van der Waals surface area contributed by atoms with Gasteiger partial charge in [0.1, 0.15) is 11.6 Å². The summed E-state index contributed by atoms with van der Waals surface area (Å²) in [4.78, 5) is 16.3. The Morgan fingerprint density at radius 2 is 1.81 bits per heavy atom. The smallest absolute Gasteiger partial charge is 0.263 e. The topological polar surface area (TPSA) is 63.2 Å². The van der Waals surface area contributed by atoms with Gasteiger partial charge in [-0.2, -0.15) is 0 Å².